The lowest BCUT2D eigenvalue weighted by Crippen LogP contribution is -2.31. The van der Waals surface area contributed by atoms with Crippen LogP contribution in [0.1, 0.15) is 6.92 Å². The van der Waals surface area contributed by atoms with E-state index in [1.165, 1.54) is 12.7 Å². The summed E-state index contributed by atoms with van der Waals surface area (Å²) in [5.41, 5.74) is 0. The van der Waals surface area contributed by atoms with Crippen molar-refractivity contribution in [3.63, 3.8) is 0 Å². The average Bonchev–Trinajstić information content (AvgIpc) is 2.18. The molecule has 1 N–H and O–H groups in total. The number of aromatic nitrogens is 3. The molecule has 7 nitrogen and oxygen atoms in total. The molecule has 0 radical (unpaired) electrons. The molecule has 1 rings (SSSR count). The van der Waals surface area contributed by atoms with E-state index in [4.69, 9.17) is 9.94 Å². The van der Waals surface area contributed by atoms with E-state index >= 15 is 0 Å². The van der Waals surface area contributed by atoms with Gasteiger partial charge < -0.3 is 5.11 Å². The van der Waals surface area contributed by atoms with Crippen LogP contribution in [0.4, 0.5) is 5.95 Å². The van der Waals surface area contributed by atoms with Crippen molar-refractivity contribution in [2.24, 2.45) is 0 Å². The van der Waals surface area contributed by atoms with Crippen molar-refractivity contribution in [3.05, 3.63) is 12.7 Å². The molecule has 0 aliphatic heterocycles. The monoisotopic (exact) mass is 198 g/mol. The first-order chi connectivity index (χ1) is 6.74. The second-order valence-electron chi connectivity index (χ2n) is 2.29. The Hall–Kier alpha value is -1.76. The van der Waals surface area contributed by atoms with Crippen LogP contribution in [0.15, 0.2) is 12.7 Å². The van der Waals surface area contributed by atoms with Gasteiger partial charge in [-0.15, -0.1) is 0 Å². The van der Waals surface area contributed by atoms with Crippen LogP contribution >= 0.6 is 0 Å². The third-order valence-electron chi connectivity index (χ3n) is 1.27. The molecule has 1 aromatic heterocycles. The smallest absolute Gasteiger partial charge is 0.325 e. The van der Waals surface area contributed by atoms with Gasteiger partial charge >= 0.3 is 5.97 Å². The largest absolute Gasteiger partial charge is 0.480 e. The Labute approximate surface area is 80.3 Å². The summed E-state index contributed by atoms with van der Waals surface area (Å²) in [6.45, 7) is 1.78. The van der Waals surface area contributed by atoms with Crippen molar-refractivity contribution in [2.75, 3.05) is 18.2 Å². The van der Waals surface area contributed by atoms with Gasteiger partial charge in [0, 0.05) is 0 Å². The highest BCUT2D eigenvalue weighted by Gasteiger charge is 2.12. The molecule has 1 heterocycles. The number of carboxylic acids is 1. The van der Waals surface area contributed by atoms with Crippen LogP contribution < -0.4 is 5.06 Å². The molecule has 0 aromatic carbocycles. The second kappa shape index (κ2) is 5.07. The third kappa shape index (κ3) is 2.94. The van der Waals surface area contributed by atoms with Gasteiger partial charge in [-0.3, -0.25) is 9.63 Å². The van der Waals surface area contributed by atoms with Crippen LogP contribution in [0.3, 0.4) is 0 Å². The summed E-state index contributed by atoms with van der Waals surface area (Å²) in [6.07, 6.45) is 2.55. The number of hydrogen-bond donors (Lipinski definition) is 1. The number of hydroxylamine groups is 1. The van der Waals surface area contributed by atoms with E-state index in [2.05, 4.69) is 15.0 Å². The van der Waals surface area contributed by atoms with Crippen molar-refractivity contribution in [3.8, 4) is 0 Å². The number of nitrogens with zero attached hydrogens (tertiary/aromatic N) is 4. The predicted molar refractivity (Wildman–Crippen MR) is 46.4 cm³/mol. The number of hydrogen-bond acceptors (Lipinski definition) is 6. The molecule has 7 heteroatoms. The fourth-order valence-electron chi connectivity index (χ4n) is 0.815. The second-order valence-corrected chi connectivity index (χ2v) is 2.29. The van der Waals surface area contributed by atoms with E-state index in [0.29, 0.717) is 6.61 Å². The lowest BCUT2D eigenvalue weighted by molar-refractivity contribution is -0.136. The van der Waals surface area contributed by atoms with Crippen LogP contribution in [0.2, 0.25) is 0 Å². The summed E-state index contributed by atoms with van der Waals surface area (Å²) in [5, 5.41) is 9.68. The van der Waals surface area contributed by atoms with E-state index in [1.807, 2.05) is 0 Å². The molecule has 0 unspecified atom stereocenters. The Morgan fingerprint density at radius 1 is 1.57 bits per heavy atom. The zero-order chi connectivity index (χ0) is 10.4. The van der Waals surface area contributed by atoms with Crippen molar-refractivity contribution >= 4 is 11.9 Å². The maximum atomic E-state index is 10.5. The summed E-state index contributed by atoms with van der Waals surface area (Å²) in [6, 6.07) is 0. The van der Waals surface area contributed by atoms with Gasteiger partial charge in [-0.2, -0.15) is 9.97 Å². The fraction of sp³-hybridized carbons (Fsp3) is 0.429. The molecular formula is C7H10N4O3. The summed E-state index contributed by atoms with van der Waals surface area (Å²) in [7, 11) is 0. The Balaban J connectivity index is 2.72. The lowest BCUT2D eigenvalue weighted by Gasteiger charge is -2.17. The predicted octanol–water partition coefficient (Wildman–Crippen LogP) is -0.286. The van der Waals surface area contributed by atoms with E-state index < -0.39 is 5.97 Å². The summed E-state index contributed by atoms with van der Waals surface area (Å²) < 4.78 is 0. The zero-order valence-corrected chi connectivity index (χ0v) is 7.62. The van der Waals surface area contributed by atoms with Gasteiger partial charge in [-0.1, -0.05) is 0 Å². The molecule has 0 amide bonds. The Morgan fingerprint density at radius 2 is 2.21 bits per heavy atom. The summed E-state index contributed by atoms with van der Waals surface area (Å²) >= 11 is 0. The molecule has 76 valence electrons. The molecule has 1 aromatic rings. The fourth-order valence-corrected chi connectivity index (χ4v) is 0.815. The standard InChI is InChI=1S/C7H10N4O3/c1-2-14-11(3-6(12)13)7-9-4-8-5-10-7/h4-5H,2-3H2,1H3,(H,12,13). The normalized spacial score (nSPS) is 9.79. The maximum Gasteiger partial charge on any atom is 0.325 e. The van der Waals surface area contributed by atoms with E-state index in [1.54, 1.807) is 6.92 Å². The minimum atomic E-state index is -1.01. The van der Waals surface area contributed by atoms with Crippen LogP contribution in [-0.2, 0) is 9.63 Å². The minimum absolute atomic E-state index is 0.184. The molecule has 0 atom stereocenters. The number of anilines is 1. The quantitative estimate of drug-likeness (QED) is 0.650. The zero-order valence-electron chi connectivity index (χ0n) is 7.62. The van der Waals surface area contributed by atoms with Gasteiger partial charge in [-0.25, -0.2) is 10.0 Å². The van der Waals surface area contributed by atoms with E-state index in [0.717, 1.165) is 5.06 Å². The number of aliphatic carboxylic acids is 1. The minimum Gasteiger partial charge on any atom is -0.480 e. The molecule has 0 saturated heterocycles. The van der Waals surface area contributed by atoms with Crippen molar-refractivity contribution in [1.29, 1.82) is 0 Å². The molecule has 0 aliphatic carbocycles. The van der Waals surface area contributed by atoms with E-state index in [-0.39, 0.29) is 12.5 Å². The van der Waals surface area contributed by atoms with Crippen molar-refractivity contribution < 1.29 is 14.7 Å². The Bertz CT molecular complexity index is 292. The molecule has 0 bridgehead atoms. The van der Waals surface area contributed by atoms with Gasteiger partial charge in [0.1, 0.15) is 19.2 Å². The molecule has 0 aliphatic rings. The summed E-state index contributed by atoms with van der Waals surface area (Å²) in [5.74, 6) is -0.830. The number of rotatable bonds is 5. The van der Waals surface area contributed by atoms with Gasteiger partial charge in [0.05, 0.1) is 6.61 Å². The van der Waals surface area contributed by atoms with Crippen molar-refractivity contribution in [1.82, 2.24) is 15.0 Å². The first kappa shape index (κ1) is 10.3. The highest BCUT2D eigenvalue weighted by Crippen LogP contribution is 2.03. The Morgan fingerprint density at radius 3 is 2.71 bits per heavy atom. The molecule has 0 fully saturated rings. The molecule has 0 spiro atoms. The molecular weight excluding hydrogens is 188 g/mol. The van der Waals surface area contributed by atoms with Crippen molar-refractivity contribution in [2.45, 2.75) is 6.92 Å². The van der Waals surface area contributed by atoms with Gasteiger partial charge in [-0.05, 0) is 6.92 Å². The van der Waals surface area contributed by atoms with Gasteiger partial charge in [0.25, 0.3) is 5.95 Å². The maximum absolute atomic E-state index is 10.5. The number of carboxylic acid groups (broad SMARTS) is 1. The first-order valence-corrected chi connectivity index (χ1v) is 3.98. The van der Waals surface area contributed by atoms with Crippen LogP contribution in [0.25, 0.3) is 0 Å². The summed E-state index contributed by atoms with van der Waals surface area (Å²) in [4.78, 5) is 26.7. The highest BCUT2D eigenvalue weighted by atomic mass is 16.7. The van der Waals surface area contributed by atoms with Gasteiger partial charge in [0.15, 0.2) is 0 Å². The van der Waals surface area contributed by atoms with Gasteiger partial charge in [0.2, 0.25) is 0 Å². The highest BCUT2D eigenvalue weighted by molar-refractivity contribution is 5.71. The third-order valence-corrected chi connectivity index (χ3v) is 1.27. The SMILES string of the molecule is CCON(CC(=O)O)c1ncncn1. The molecule has 0 saturated carbocycles. The van der Waals surface area contributed by atoms with Crippen LogP contribution in [0.5, 0.6) is 0 Å². The topological polar surface area (TPSA) is 88.4 Å². The first-order valence-electron chi connectivity index (χ1n) is 3.98. The van der Waals surface area contributed by atoms with E-state index in [9.17, 15) is 4.79 Å². The average molecular weight is 198 g/mol. The van der Waals surface area contributed by atoms with Crippen LogP contribution in [-0.4, -0.2) is 39.2 Å². The Kier molecular flexibility index (Phi) is 3.74. The van der Waals surface area contributed by atoms with Crippen LogP contribution in [0, 0.1) is 0 Å². The molecule has 14 heavy (non-hydrogen) atoms. The number of carbonyl (C=O) groups is 1. The lowest BCUT2D eigenvalue weighted by atomic mass is 10.6.